The van der Waals surface area contributed by atoms with Gasteiger partial charge in [-0.3, -0.25) is 5.41 Å². The molecule has 3 aliphatic rings. The molecule has 1 fully saturated rings. The quantitative estimate of drug-likeness (QED) is 0.207. The molecule has 9 N–H and O–H groups in total. The molecule has 10 nitrogen and oxygen atoms in total. The average Bonchev–Trinajstić information content (AvgIpc) is 2.78. The second-order valence-corrected chi connectivity index (χ2v) is 10.5. The molecule has 0 aromatic carbocycles. The molecule has 0 aromatic heterocycles. The van der Waals surface area contributed by atoms with Gasteiger partial charge in [-0.05, 0) is 56.6 Å². The lowest BCUT2D eigenvalue weighted by atomic mass is 9.86. The van der Waals surface area contributed by atoms with Gasteiger partial charge in [0.2, 0.25) is 0 Å². The number of dihydropyridines is 2. The summed E-state index contributed by atoms with van der Waals surface area (Å²) in [6.45, 7) is 10.6. The molecule has 3 rings (SSSR count). The summed E-state index contributed by atoms with van der Waals surface area (Å²) in [7, 11) is 1.95. The Bertz CT molecular complexity index is 1170. The van der Waals surface area contributed by atoms with E-state index in [2.05, 4.69) is 15.6 Å². The molecule has 37 heavy (non-hydrogen) atoms. The van der Waals surface area contributed by atoms with Gasteiger partial charge >= 0.3 is 6.09 Å². The summed E-state index contributed by atoms with van der Waals surface area (Å²) >= 11 is 0. The van der Waals surface area contributed by atoms with E-state index in [1.807, 2.05) is 77.6 Å². The molecule has 3 aliphatic heterocycles. The molecule has 0 unspecified atom stereocenters. The SMILES string of the molecule is C[NH2+]C=C(C(=[NH2+])C1CN(C(=O)OC(C)(C)C)C1)C1=CNC2=CC=C(N=C(N)C=C(C=N)C(C)C)NC2=C1. The Morgan fingerprint density at radius 3 is 2.62 bits per heavy atom. The van der Waals surface area contributed by atoms with Gasteiger partial charge < -0.3 is 36.7 Å². The number of quaternary nitrogens is 1. The van der Waals surface area contributed by atoms with Crippen LogP contribution >= 0.6 is 0 Å². The molecule has 198 valence electrons. The molecule has 0 aromatic rings. The number of amides is 1. The minimum absolute atomic E-state index is 0.0462. The number of hydrogen-bond acceptors (Lipinski definition) is 6. The fourth-order valence-corrected chi connectivity index (χ4v) is 3.93. The van der Waals surface area contributed by atoms with E-state index in [1.54, 1.807) is 11.0 Å². The second kappa shape index (κ2) is 11.4. The fourth-order valence-electron chi connectivity index (χ4n) is 3.93. The third-order valence-corrected chi connectivity index (χ3v) is 5.97. The summed E-state index contributed by atoms with van der Waals surface area (Å²) in [6, 6.07) is 0. The Morgan fingerprint density at radius 2 is 2.03 bits per heavy atom. The molecule has 0 bridgehead atoms. The van der Waals surface area contributed by atoms with Crippen LogP contribution in [0.15, 0.2) is 75.6 Å². The minimum atomic E-state index is -0.530. The van der Waals surface area contributed by atoms with Crippen molar-refractivity contribution in [2.45, 2.75) is 40.2 Å². The van der Waals surface area contributed by atoms with Crippen LogP contribution in [0.25, 0.3) is 0 Å². The monoisotopic (exact) mass is 508 g/mol. The first-order valence-corrected chi connectivity index (χ1v) is 12.5. The summed E-state index contributed by atoms with van der Waals surface area (Å²) in [6.07, 6.45) is 12.4. The van der Waals surface area contributed by atoms with Crippen molar-refractivity contribution in [3.05, 3.63) is 70.6 Å². The van der Waals surface area contributed by atoms with Crippen molar-refractivity contribution < 1.29 is 20.3 Å². The maximum atomic E-state index is 12.3. The number of fused-ring (bicyclic) bond motifs is 1. The van der Waals surface area contributed by atoms with Crippen molar-refractivity contribution in [2.75, 3.05) is 20.1 Å². The van der Waals surface area contributed by atoms with Crippen molar-refractivity contribution in [1.82, 2.24) is 15.5 Å². The van der Waals surface area contributed by atoms with E-state index < -0.39 is 5.60 Å². The number of amidine groups is 1. The summed E-state index contributed by atoms with van der Waals surface area (Å²) in [5, 5.41) is 22.8. The number of carbonyl (C=O) groups is 1. The zero-order valence-corrected chi connectivity index (χ0v) is 22.6. The molecule has 0 saturated carbocycles. The second-order valence-electron chi connectivity index (χ2n) is 10.5. The molecule has 0 aliphatic carbocycles. The zero-order valence-electron chi connectivity index (χ0n) is 22.6. The van der Waals surface area contributed by atoms with Crippen molar-refractivity contribution in [3.63, 3.8) is 0 Å². The lowest BCUT2D eigenvalue weighted by Crippen LogP contribution is -2.73. The van der Waals surface area contributed by atoms with Crippen molar-refractivity contribution >= 4 is 23.9 Å². The van der Waals surface area contributed by atoms with E-state index in [0.29, 0.717) is 24.7 Å². The molecule has 0 spiro atoms. The Labute approximate surface area is 218 Å². The van der Waals surface area contributed by atoms with Gasteiger partial charge in [-0.15, -0.1) is 0 Å². The van der Waals surface area contributed by atoms with Gasteiger partial charge in [0, 0.05) is 31.1 Å². The molecule has 10 heteroatoms. The maximum Gasteiger partial charge on any atom is 0.410 e. The predicted molar refractivity (Wildman–Crippen MR) is 146 cm³/mol. The van der Waals surface area contributed by atoms with E-state index >= 15 is 0 Å². The van der Waals surface area contributed by atoms with Crippen LogP contribution in [0.2, 0.25) is 0 Å². The number of nitrogens with one attached hydrogen (secondary N) is 3. The topological polar surface area (TPSA) is 158 Å². The highest BCUT2D eigenvalue weighted by Crippen LogP contribution is 2.27. The van der Waals surface area contributed by atoms with Crippen LogP contribution in [0, 0.1) is 17.2 Å². The van der Waals surface area contributed by atoms with Gasteiger partial charge in [0.25, 0.3) is 0 Å². The van der Waals surface area contributed by atoms with E-state index in [1.165, 1.54) is 6.21 Å². The largest absolute Gasteiger partial charge is 0.444 e. The van der Waals surface area contributed by atoms with Crippen molar-refractivity contribution in [2.24, 2.45) is 22.6 Å². The zero-order chi connectivity index (χ0) is 27.3. The summed E-state index contributed by atoms with van der Waals surface area (Å²) < 4.78 is 5.46. The number of carbonyl (C=O) groups excluding carboxylic acids is 1. The lowest BCUT2D eigenvalue weighted by Gasteiger charge is -2.38. The summed E-state index contributed by atoms with van der Waals surface area (Å²) in [4.78, 5) is 18.5. The Balaban J connectivity index is 1.72. The van der Waals surface area contributed by atoms with Crippen molar-refractivity contribution in [1.29, 1.82) is 5.41 Å². The normalized spacial score (nSPS) is 18.9. The van der Waals surface area contributed by atoms with E-state index in [-0.39, 0.29) is 17.9 Å². The van der Waals surface area contributed by atoms with Crippen molar-refractivity contribution in [3.8, 4) is 0 Å². The number of nitrogens with zero attached hydrogens (tertiary/aromatic N) is 2. The van der Waals surface area contributed by atoms with Gasteiger partial charge in [-0.2, -0.15) is 0 Å². The highest BCUT2D eigenvalue weighted by Gasteiger charge is 2.40. The Hall–Kier alpha value is -3.92. The minimum Gasteiger partial charge on any atom is -0.444 e. The van der Waals surface area contributed by atoms with E-state index in [4.69, 9.17) is 21.3 Å². The summed E-state index contributed by atoms with van der Waals surface area (Å²) in [5.74, 6) is 1.14. The number of rotatable bonds is 8. The van der Waals surface area contributed by atoms with Crippen LogP contribution in [-0.2, 0) is 4.74 Å². The van der Waals surface area contributed by atoms with Crippen LogP contribution in [0.5, 0.6) is 0 Å². The van der Waals surface area contributed by atoms with Crippen LogP contribution in [-0.4, -0.2) is 54.5 Å². The Morgan fingerprint density at radius 1 is 1.32 bits per heavy atom. The van der Waals surface area contributed by atoms with Crippen LogP contribution < -0.4 is 27.1 Å². The maximum absolute atomic E-state index is 12.3. The third-order valence-electron chi connectivity index (χ3n) is 5.97. The van der Waals surface area contributed by atoms with Crippen LogP contribution in [0.1, 0.15) is 34.6 Å². The highest BCUT2D eigenvalue weighted by atomic mass is 16.6. The first-order chi connectivity index (χ1) is 17.4. The van der Waals surface area contributed by atoms with Gasteiger partial charge in [0.1, 0.15) is 29.0 Å². The smallest absolute Gasteiger partial charge is 0.410 e. The average molecular weight is 509 g/mol. The molecular formula is C27H40N8O2+2. The number of aliphatic imine (C=N–C) groups is 1. The van der Waals surface area contributed by atoms with Gasteiger partial charge in [-0.25, -0.2) is 9.79 Å². The molecule has 1 saturated heterocycles. The summed E-state index contributed by atoms with van der Waals surface area (Å²) in [5.41, 5.74) is 10.7. The lowest BCUT2D eigenvalue weighted by molar-refractivity contribution is -0.556. The van der Waals surface area contributed by atoms with Gasteiger partial charge in [0.05, 0.1) is 24.4 Å². The molecule has 1 amide bonds. The van der Waals surface area contributed by atoms with E-state index in [0.717, 1.165) is 33.8 Å². The van der Waals surface area contributed by atoms with Crippen LogP contribution in [0.3, 0.4) is 0 Å². The highest BCUT2D eigenvalue weighted by molar-refractivity contribution is 6.03. The number of likely N-dealkylation sites (tertiary alicyclic amines) is 1. The standard InChI is InChI=1S/C27H38N8O2/c1-16(2)17(11-28)10-23(29)34-24-8-7-21-22(33-24)9-18(12-32-21)20(13-31-6)25(30)19-14-35(15-19)26(36)37-27(3,4)5/h7-13,16,19,28,30-33H,14-15H2,1-6H3,(H2,29,34)/p+2. The number of nitrogens with two attached hydrogens (primary N) is 3. The molecule has 3 heterocycles. The number of ether oxygens (including phenoxy) is 1. The molecule has 0 radical (unpaired) electrons. The van der Waals surface area contributed by atoms with Gasteiger partial charge in [-0.1, -0.05) is 13.8 Å². The Kier molecular flexibility index (Phi) is 8.54. The first-order valence-electron chi connectivity index (χ1n) is 12.5. The fraction of sp³-hybridized carbons (Fsp3) is 0.407. The van der Waals surface area contributed by atoms with Crippen LogP contribution in [0.4, 0.5) is 4.79 Å². The number of allylic oxidation sites excluding steroid dienone is 6. The van der Waals surface area contributed by atoms with E-state index in [9.17, 15) is 4.79 Å². The van der Waals surface area contributed by atoms with Gasteiger partial charge in [0.15, 0.2) is 5.71 Å². The predicted octanol–water partition coefficient (Wildman–Crippen LogP) is 0.419. The third kappa shape index (κ3) is 7.07. The first kappa shape index (κ1) is 27.7. The molecule has 0 atom stereocenters. The number of hydrogen-bond donors (Lipinski definition) is 6. The molecular weight excluding hydrogens is 468 g/mol.